The van der Waals surface area contributed by atoms with E-state index in [4.69, 9.17) is 9.84 Å². The lowest BCUT2D eigenvalue weighted by Gasteiger charge is -2.17. The highest BCUT2D eigenvalue weighted by atomic mass is 16.5. The number of aliphatic hydroxyl groups is 1. The Hall–Kier alpha value is -1.06. The van der Waals surface area contributed by atoms with Crippen LogP contribution in [0.15, 0.2) is 24.3 Å². The molecule has 1 unspecified atom stereocenters. The van der Waals surface area contributed by atoms with Gasteiger partial charge >= 0.3 is 0 Å². The monoisotopic (exact) mass is 251 g/mol. The van der Waals surface area contributed by atoms with E-state index in [1.165, 1.54) is 6.42 Å². The van der Waals surface area contributed by atoms with Gasteiger partial charge in [-0.05, 0) is 25.3 Å². The van der Waals surface area contributed by atoms with Gasteiger partial charge in [0.25, 0.3) is 0 Å². The Morgan fingerprint density at radius 3 is 2.61 bits per heavy atom. The number of nitrogens with one attached hydrogen (secondary N) is 1. The molecule has 1 atom stereocenters. The molecule has 0 heterocycles. The fourth-order valence-electron chi connectivity index (χ4n) is 2.02. The summed E-state index contributed by atoms with van der Waals surface area (Å²) < 4.78 is 5.51. The van der Waals surface area contributed by atoms with Gasteiger partial charge in [-0.3, -0.25) is 0 Å². The van der Waals surface area contributed by atoms with Crippen LogP contribution >= 0.6 is 0 Å². The van der Waals surface area contributed by atoms with Crippen LogP contribution in [-0.2, 0) is 6.54 Å². The average Bonchev–Trinajstić information content (AvgIpc) is 2.34. The van der Waals surface area contributed by atoms with E-state index in [1.807, 2.05) is 18.2 Å². The van der Waals surface area contributed by atoms with Crippen molar-refractivity contribution in [1.29, 1.82) is 0 Å². The van der Waals surface area contributed by atoms with Crippen molar-refractivity contribution in [3.8, 4) is 5.75 Å². The van der Waals surface area contributed by atoms with E-state index in [9.17, 15) is 0 Å². The van der Waals surface area contributed by atoms with E-state index in [0.717, 1.165) is 17.9 Å². The minimum absolute atomic E-state index is 0.0471. The zero-order chi connectivity index (χ0) is 13.4. The largest absolute Gasteiger partial charge is 0.491 e. The normalized spacial score (nSPS) is 12.7. The van der Waals surface area contributed by atoms with E-state index in [2.05, 4.69) is 32.2 Å². The maximum atomic E-state index is 8.80. The maximum Gasteiger partial charge on any atom is 0.123 e. The van der Waals surface area contributed by atoms with Gasteiger partial charge < -0.3 is 15.2 Å². The van der Waals surface area contributed by atoms with Crippen molar-refractivity contribution in [2.75, 3.05) is 13.2 Å². The molecular weight excluding hydrogens is 226 g/mol. The average molecular weight is 251 g/mol. The van der Waals surface area contributed by atoms with Crippen LogP contribution in [0.25, 0.3) is 0 Å². The fraction of sp³-hybridized carbons (Fsp3) is 0.600. The smallest absolute Gasteiger partial charge is 0.123 e. The molecule has 1 aromatic rings. The molecule has 0 aliphatic rings. The van der Waals surface area contributed by atoms with E-state index in [0.29, 0.717) is 18.6 Å². The number of hydrogen-bond acceptors (Lipinski definition) is 3. The van der Waals surface area contributed by atoms with Crippen LogP contribution in [0.5, 0.6) is 5.75 Å². The van der Waals surface area contributed by atoms with Gasteiger partial charge in [0, 0.05) is 18.2 Å². The van der Waals surface area contributed by atoms with Crippen LogP contribution in [0.3, 0.4) is 0 Å². The summed E-state index contributed by atoms with van der Waals surface area (Å²) in [7, 11) is 0. The Morgan fingerprint density at radius 2 is 1.94 bits per heavy atom. The lowest BCUT2D eigenvalue weighted by Crippen LogP contribution is -2.27. The molecule has 18 heavy (non-hydrogen) atoms. The summed E-state index contributed by atoms with van der Waals surface area (Å²) in [4.78, 5) is 0. The molecule has 3 heteroatoms. The molecule has 0 saturated carbocycles. The summed E-state index contributed by atoms with van der Waals surface area (Å²) in [5.74, 6) is 1.56. The minimum atomic E-state index is 0.0471. The molecule has 0 radical (unpaired) electrons. The predicted octanol–water partition coefficient (Wildman–Crippen LogP) is 2.58. The van der Waals surface area contributed by atoms with Crippen molar-refractivity contribution < 1.29 is 9.84 Å². The standard InChI is InChI=1S/C15H25NO2/c1-12(2)10-13(3)16-11-14-6-4-5-7-15(14)18-9-8-17/h4-7,12-13,16-17H,8-11H2,1-3H3. The Balaban J connectivity index is 2.50. The lowest BCUT2D eigenvalue weighted by molar-refractivity contribution is 0.200. The Labute approximate surface area is 110 Å². The molecule has 0 aliphatic carbocycles. The minimum Gasteiger partial charge on any atom is -0.491 e. The Morgan fingerprint density at radius 1 is 1.22 bits per heavy atom. The van der Waals surface area contributed by atoms with Crippen molar-refractivity contribution in [2.45, 2.75) is 39.8 Å². The highest BCUT2D eigenvalue weighted by Gasteiger charge is 2.07. The van der Waals surface area contributed by atoms with Gasteiger partial charge in [0.05, 0.1) is 6.61 Å². The summed E-state index contributed by atoms with van der Waals surface area (Å²) in [6, 6.07) is 8.46. The summed E-state index contributed by atoms with van der Waals surface area (Å²) >= 11 is 0. The number of para-hydroxylation sites is 1. The molecular formula is C15H25NO2. The van der Waals surface area contributed by atoms with Gasteiger partial charge in [-0.25, -0.2) is 0 Å². The van der Waals surface area contributed by atoms with Gasteiger partial charge in [0.1, 0.15) is 12.4 Å². The highest BCUT2D eigenvalue weighted by Crippen LogP contribution is 2.18. The summed E-state index contributed by atoms with van der Waals surface area (Å²) in [5, 5.41) is 12.3. The van der Waals surface area contributed by atoms with Crippen molar-refractivity contribution in [3.63, 3.8) is 0 Å². The van der Waals surface area contributed by atoms with Crippen molar-refractivity contribution >= 4 is 0 Å². The van der Waals surface area contributed by atoms with Gasteiger partial charge in [-0.2, -0.15) is 0 Å². The molecule has 0 aliphatic heterocycles. The third-order valence-corrected chi connectivity index (χ3v) is 2.79. The third kappa shape index (κ3) is 5.52. The molecule has 0 bridgehead atoms. The molecule has 102 valence electrons. The van der Waals surface area contributed by atoms with E-state index < -0.39 is 0 Å². The lowest BCUT2D eigenvalue weighted by atomic mass is 10.0. The summed E-state index contributed by atoms with van der Waals surface area (Å²) in [5.41, 5.74) is 1.14. The first-order valence-electron chi connectivity index (χ1n) is 6.68. The molecule has 2 N–H and O–H groups in total. The molecule has 0 spiro atoms. The van der Waals surface area contributed by atoms with Gasteiger partial charge in [0.2, 0.25) is 0 Å². The second-order valence-electron chi connectivity index (χ2n) is 5.09. The Bertz CT molecular complexity index is 339. The van der Waals surface area contributed by atoms with Crippen LogP contribution < -0.4 is 10.1 Å². The zero-order valence-electron chi connectivity index (χ0n) is 11.6. The predicted molar refractivity (Wildman–Crippen MR) is 74.8 cm³/mol. The number of benzene rings is 1. The number of hydrogen-bond donors (Lipinski definition) is 2. The molecule has 1 rings (SSSR count). The zero-order valence-corrected chi connectivity index (χ0v) is 11.6. The molecule has 0 amide bonds. The van der Waals surface area contributed by atoms with Crippen molar-refractivity contribution in [3.05, 3.63) is 29.8 Å². The molecule has 1 aromatic carbocycles. The molecule has 3 nitrogen and oxygen atoms in total. The van der Waals surface area contributed by atoms with Crippen LogP contribution in [-0.4, -0.2) is 24.4 Å². The van der Waals surface area contributed by atoms with Crippen LogP contribution in [0.4, 0.5) is 0 Å². The SMILES string of the molecule is CC(C)CC(C)NCc1ccccc1OCCO. The van der Waals surface area contributed by atoms with Gasteiger partial charge in [-0.1, -0.05) is 32.0 Å². The molecule has 0 aromatic heterocycles. The number of aliphatic hydroxyl groups excluding tert-OH is 1. The van der Waals surface area contributed by atoms with Gasteiger partial charge in [0.15, 0.2) is 0 Å². The fourth-order valence-corrected chi connectivity index (χ4v) is 2.02. The van der Waals surface area contributed by atoms with Gasteiger partial charge in [-0.15, -0.1) is 0 Å². The second-order valence-corrected chi connectivity index (χ2v) is 5.09. The number of ether oxygens (including phenoxy) is 1. The quantitative estimate of drug-likeness (QED) is 0.746. The molecule has 0 saturated heterocycles. The van der Waals surface area contributed by atoms with Crippen molar-refractivity contribution in [2.24, 2.45) is 5.92 Å². The van der Waals surface area contributed by atoms with E-state index >= 15 is 0 Å². The molecule has 0 fully saturated rings. The second kappa shape index (κ2) is 8.11. The van der Waals surface area contributed by atoms with Crippen LogP contribution in [0, 0.1) is 5.92 Å². The first-order chi connectivity index (χ1) is 8.63. The highest BCUT2D eigenvalue weighted by molar-refractivity contribution is 5.33. The first-order valence-corrected chi connectivity index (χ1v) is 6.68. The number of rotatable bonds is 8. The third-order valence-electron chi connectivity index (χ3n) is 2.79. The van der Waals surface area contributed by atoms with Crippen LogP contribution in [0.2, 0.25) is 0 Å². The maximum absolute atomic E-state index is 8.80. The topological polar surface area (TPSA) is 41.5 Å². The van der Waals surface area contributed by atoms with Crippen LogP contribution in [0.1, 0.15) is 32.8 Å². The Kier molecular flexibility index (Phi) is 6.76. The van der Waals surface area contributed by atoms with E-state index in [-0.39, 0.29) is 6.61 Å². The van der Waals surface area contributed by atoms with E-state index in [1.54, 1.807) is 0 Å². The summed E-state index contributed by atoms with van der Waals surface area (Å²) in [6.45, 7) is 7.86. The first kappa shape index (κ1) is 15.0. The van der Waals surface area contributed by atoms with Crippen molar-refractivity contribution in [1.82, 2.24) is 5.32 Å². The summed E-state index contributed by atoms with van der Waals surface area (Å²) in [6.07, 6.45) is 1.17.